The van der Waals surface area contributed by atoms with Crippen molar-refractivity contribution in [3.05, 3.63) is 67.1 Å². The van der Waals surface area contributed by atoms with E-state index >= 15 is 0 Å². The van der Waals surface area contributed by atoms with E-state index in [4.69, 9.17) is 0 Å². The van der Waals surface area contributed by atoms with Gasteiger partial charge in [0.2, 0.25) is 0 Å². The van der Waals surface area contributed by atoms with E-state index in [1.54, 1.807) is 0 Å². The number of aliphatic hydroxyl groups excluding tert-OH is 1. The Kier molecular flexibility index (Phi) is 5.05. The van der Waals surface area contributed by atoms with Crippen LogP contribution in [0.5, 0.6) is 0 Å². The first kappa shape index (κ1) is 15.7. The number of halogens is 2. The van der Waals surface area contributed by atoms with Gasteiger partial charge in [0.15, 0.2) is 0 Å². The van der Waals surface area contributed by atoms with E-state index in [2.05, 4.69) is 64.8 Å². The van der Waals surface area contributed by atoms with E-state index in [0.29, 0.717) is 6.42 Å². The van der Waals surface area contributed by atoms with Crippen LogP contribution in [0, 0.1) is 20.8 Å². The molecule has 0 radical (unpaired) electrons. The summed E-state index contributed by atoms with van der Waals surface area (Å²) in [4.78, 5) is 0. The van der Waals surface area contributed by atoms with Crippen LogP contribution >= 0.6 is 31.9 Å². The number of benzene rings is 2. The van der Waals surface area contributed by atoms with Crippen LogP contribution in [0.1, 0.15) is 33.9 Å². The molecule has 1 N–H and O–H groups in total. The van der Waals surface area contributed by atoms with E-state index in [1.807, 2.05) is 18.2 Å². The Morgan fingerprint density at radius 3 is 2.10 bits per heavy atom. The normalized spacial score (nSPS) is 12.5. The average molecular weight is 398 g/mol. The molecule has 106 valence electrons. The van der Waals surface area contributed by atoms with Gasteiger partial charge in [0.1, 0.15) is 0 Å². The van der Waals surface area contributed by atoms with E-state index < -0.39 is 6.10 Å². The van der Waals surface area contributed by atoms with Crippen molar-refractivity contribution >= 4 is 31.9 Å². The molecule has 0 saturated heterocycles. The van der Waals surface area contributed by atoms with Crippen molar-refractivity contribution in [3.63, 3.8) is 0 Å². The Balaban J connectivity index is 2.27. The maximum absolute atomic E-state index is 10.5. The molecule has 20 heavy (non-hydrogen) atoms. The third-order valence-electron chi connectivity index (χ3n) is 3.57. The minimum absolute atomic E-state index is 0.487. The fourth-order valence-corrected chi connectivity index (χ4v) is 3.21. The van der Waals surface area contributed by atoms with Gasteiger partial charge in [-0.3, -0.25) is 0 Å². The van der Waals surface area contributed by atoms with Crippen LogP contribution < -0.4 is 0 Å². The fraction of sp³-hybridized carbons (Fsp3) is 0.294. The summed E-state index contributed by atoms with van der Waals surface area (Å²) in [5.74, 6) is 0. The molecular weight excluding hydrogens is 380 g/mol. The maximum Gasteiger partial charge on any atom is 0.0830 e. The second-order valence-electron chi connectivity index (χ2n) is 5.27. The molecule has 2 aromatic rings. The first-order chi connectivity index (χ1) is 9.38. The summed E-state index contributed by atoms with van der Waals surface area (Å²) in [5, 5.41) is 10.5. The first-order valence-electron chi connectivity index (χ1n) is 6.58. The summed E-state index contributed by atoms with van der Waals surface area (Å²) in [6.45, 7) is 6.32. The summed E-state index contributed by atoms with van der Waals surface area (Å²) in [6, 6.07) is 10.2. The Labute approximate surface area is 137 Å². The lowest BCUT2D eigenvalue weighted by molar-refractivity contribution is 0.178. The maximum atomic E-state index is 10.5. The molecule has 2 rings (SSSR count). The largest absolute Gasteiger partial charge is 0.388 e. The molecule has 0 aliphatic heterocycles. The summed E-state index contributed by atoms with van der Waals surface area (Å²) in [5.41, 5.74) is 5.93. The third kappa shape index (κ3) is 3.51. The van der Waals surface area contributed by atoms with Crippen molar-refractivity contribution in [3.8, 4) is 0 Å². The zero-order valence-corrected chi connectivity index (χ0v) is 15.0. The van der Waals surface area contributed by atoms with Gasteiger partial charge in [-0.1, -0.05) is 23.8 Å². The molecule has 0 spiro atoms. The Bertz CT molecular complexity index is 612. The van der Waals surface area contributed by atoms with Crippen LogP contribution in [-0.4, -0.2) is 5.11 Å². The van der Waals surface area contributed by atoms with Gasteiger partial charge < -0.3 is 5.11 Å². The van der Waals surface area contributed by atoms with Gasteiger partial charge in [-0.2, -0.15) is 0 Å². The van der Waals surface area contributed by atoms with Crippen LogP contribution in [0.2, 0.25) is 0 Å². The minimum atomic E-state index is -0.487. The topological polar surface area (TPSA) is 20.2 Å². The number of rotatable bonds is 3. The van der Waals surface area contributed by atoms with Gasteiger partial charge in [-0.25, -0.2) is 0 Å². The zero-order valence-electron chi connectivity index (χ0n) is 11.9. The molecule has 1 unspecified atom stereocenters. The standard InChI is InChI=1S/C17H18Br2O/c1-10-6-11(2)14(12(3)7-10)9-17(20)13-4-5-15(18)16(19)8-13/h4-8,17,20H,9H2,1-3H3. The van der Waals surface area contributed by atoms with Crippen LogP contribution in [0.4, 0.5) is 0 Å². The molecular formula is C17H18Br2O. The highest BCUT2D eigenvalue weighted by molar-refractivity contribution is 9.13. The van der Waals surface area contributed by atoms with Crippen LogP contribution in [-0.2, 0) is 6.42 Å². The molecule has 0 aliphatic carbocycles. The van der Waals surface area contributed by atoms with Crippen molar-refractivity contribution < 1.29 is 5.11 Å². The van der Waals surface area contributed by atoms with Crippen LogP contribution in [0.25, 0.3) is 0 Å². The SMILES string of the molecule is Cc1cc(C)c(CC(O)c2ccc(Br)c(Br)c2)c(C)c1. The second kappa shape index (κ2) is 6.42. The highest BCUT2D eigenvalue weighted by Gasteiger charge is 2.13. The zero-order chi connectivity index (χ0) is 14.9. The minimum Gasteiger partial charge on any atom is -0.388 e. The first-order valence-corrected chi connectivity index (χ1v) is 8.17. The predicted molar refractivity (Wildman–Crippen MR) is 91.2 cm³/mol. The Morgan fingerprint density at radius 2 is 1.55 bits per heavy atom. The van der Waals surface area contributed by atoms with Crippen molar-refractivity contribution in [1.82, 2.24) is 0 Å². The average Bonchev–Trinajstić information content (AvgIpc) is 2.36. The summed E-state index contributed by atoms with van der Waals surface area (Å²) < 4.78 is 1.96. The summed E-state index contributed by atoms with van der Waals surface area (Å²) in [6.07, 6.45) is 0.158. The predicted octanol–water partition coefficient (Wildman–Crippen LogP) is 5.41. The van der Waals surface area contributed by atoms with E-state index in [-0.39, 0.29) is 0 Å². The van der Waals surface area contributed by atoms with Crippen molar-refractivity contribution in [1.29, 1.82) is 0 Å². The molecule has 0 aromatic heterocycles. The highest BCUT2D eigenvalue weighted by Crippen LogP contribution is 2.29. The molecule has 2 aromatic carbocycles. The lowest BCUT2D eigenvalue weighted by atomic mass is 9.93. The Morgan fingerprint density at radius 1 is 0.950 bits per heavy atom. The third-order valence-corrected chi connectivity index (χ3v) is 5.45. The van der Waals surface area contributed by atoms with Crippen LogP contribution in [0.15, 0.2) is 39.3 Å². The summed E-state index contributed by atoms with van der Waals surface area (Å²) >= 11 is 6.93. The number of aryl methyl sites for hydroxylation is 3. The smallest absolute Gasteiger partial charge is 0.0830 e. The molecule has 3 heteroatoms. The number of aliphatic hydroxyl groups is 1. The lowest BCUT2D eigenvalue weighted by Gasteiger charge is -2.16. The summed E-state index contributed by atoms with van der Waals surface area (Å²) in [7, 11) is 0. The van der Waals surface area contributed by atoms with Gasteiger partial charge in [-0.15, -0.1) is 0 Å². The van der Waals surface area contributed by atoms with Gasteiger partial charge >= 0.3 is 0 Å². The van der Waals surface area contributed by atoms with E-state index in [0.717, 1.165) is 14.5 Å². The van der Waals surface area contributed by atoms with Gasteiger partial charge in [0.25, 0.3) is 0 Å². The molecule has 0 fully saturated rings. The molecule has 0 amide bonds. The van der Waals surface area contributed by atoms with Gasteiger partial charge in [-0.05, 0) is 87.0 Å². The van der Waals surface area contributed by atoms with Crippen molar-refractivity contribution in [2.24, 2.45) is 0 Å². The molecule has 0 heterocycles. The second-order valence-corrected chi connectivity index (χ2v) is 6.98. The molecule has 1 nitrogen and oxygen atoms in total. The Hall–Kier alpha value is -0.640. The van der Waals surface area contributed by atoms with Crippen molar-refractivity contribution in [2.75, 3.05) is 0 Å². The highest BCUT2D eigenvalue weighted by atomic mass is 79.9. The quantitative estimate of drug-likeness (QED) is 0.733. The van der Waals surface area contributed by atoms with Gasteiger partial charge in [0, 0.05) is 15.4 Å². The molecule has 0 saturated carbocycles. The molecule has 0 aliphatic rings. The molecule has 0 bridgehead atoms. The van der Waals surface area contributed by atoms with Crippen LogP contribution in [0.3, 0.4) is 0 Å². The van der Waals surface area contributed by atoms with E-state index in [9.17, 15) is 5.11 Å². The lowest BCUT2D eigenvalue weighted by Crippen LogP contribution is -2.05. The fourth-order valence-electron chi connectivity index (χ4n) is 2.56. The number of hydrogen-bond donors (Lipinski definition) is 1. The number of hydrogen-bond acceptors (Lipinski definition) is 1. The monoisotopic (exact) mass is 396 g/mol. The molecule has 1 atom stereocenters. The van der Waals surface area contributed by atoms with E-state index in [1.165, 1.54) is 22.3 Å². The van der Waals surface area contributed by atoms with Crippen molar-refractivity contribution in [2.45, 2.75) is 33.3 Å². The van der Waals surface area contributed by atoms with Gasteiger partial charge in [0.05, 0.1) is 6.10 Å².